The first-order chi connectivity index (χ1) is 11.2. The summed E-state index contributed by atoms with van der Waals surface area (Å²) < 4.78 is 50.8. The first-order valence-electron chi connectivity index (χ1n) is 7.30. The summed E-state index contributed by atoms with van der Waals surface area (Å²) >= 11 is 0. The van der Waals surface area contributed by atoms with Gasteiger partial charge in [-0.2, -0.15) is 16.8 Å². The molecule has 2 aromatic carbocycles. The number of hydrogen-bond donors (Lipinski definition) is 0. The highest BCUT2D eigenvalue weighted by molar-refractivity contribution is 7.86. The van der Waals surface area contributed by atoms with E-state index in [9.17, 15) is 16.8 Å². The molecule has 0 unspecified atom stereocenters. The molecule has 0 heterocycles. The van der Waals surface area contributed by atoms with E-state index in [1.807, 2.05) is 0 Å². The van der Waals surface area contributed by atoms with Gasteiger partial charge >= 0.3 is 0 Å². The molecule has 0 radical (unpaired) electrons. The third kappa shape index (κ3) is 10.3. The Morgan fingerprint density at radius 1 is 0.667 bits per heavy atom. The number of fused-ring (bicyclic) bond motifs is 1. The normalized spacial score (nSPS) is 11.8. The predicted molar refractivity (Wildman–Crippen MR) is 94.8 cm³/mol. The molecule has 2 rings (SSSR count). The van der Waals surface area contributed by atoms with Gasteiger partial charge in [-0.15, -0.1) is 0 Å². The van der Waals surface area contributed by atoms with E-state index in [1.54, 1.807) is 0 Å². The Hall–Kier alpha value is -1.48. The van der Waals surface area contributed by atoms with Crippen LogP contribution in [0.3, 0.4) is 0 Å². The summed E-state index contributed by atoms with van der Waals surface area (Å²) in [5.41, 5.74) is 0. The van der Waals surface area contributed by atoms with E-state index < -0.39 is 20.2 Å². The van der Waals surface area contributed by atoms with Crippen LogP contribution >= 0.6 is 0 Å². The second-order valence-corrected chi connectivity index (χ2v) is 8.39. The molecule has 0 N–H and O–H groups in total. The molecule has 0 fully saturated rings. The van der Waals surface area contributed by atoms with Gasteiger partial charge < -0.3 is 0 Å². The summed E-state index contributed by atoms with van der Waals surface area (Å²) in [6.45, 7) is 0.0951. The van der Waals surface area contributed by atoms with Crippen LogP contribution in [0.2, 0.25) is 0 Å². The Morgan fingerprint density at radius 2 is 0.958 bits per heavy atom. The van der Waals surface area contributed by atoms with Crippen molar-refractivity contribution in [2.75, 3.05) is 25.7 Å². The number of rotatable bonds is 7. The monoisotopic (exact) mass is 374 g/mol. The lowest BCUT2D eigenvalue weighted by molar-refractivity contribution is 0.273. The summed E-state index contributed by atoms with van der Waals surface area (Å²) in [6, 6.07) is 16.7. The molecule has 134 valence electrons. The minimum atomic E-state index is -3.40. The lowest BCUT2D eigenvalue weighted by Gasteiger charge is -2.01. The van der Waals surface area contributed by atoms with E-state index in [0.29, 0.717) is 12.8 Å². The van der Waals surface area contributed by atoms with E-state index in [4.69, 9.17) is 0 Å². The van der Waals surface area contributed by atoms with E-state index in [1.165, 1.54) is 10.8 Å². The van der Waals surface area contributed by atoms with E-state index in [2.05, 4.69) is 56.9 Å². The number of benzene rings is 2. The average molecular weight is 374 g/mol. The third-order valence-corrected chi connectivity index (χ3v) is 3.98. The molecule has 24 heavy (non-hydrogen) atoms. The Bertz CT molecular complexity index is 727. The summed E-state index contributed by atoms with van der Waals surface area (Å²) in [7, 11) is -6.80. The standard InChI is InChI=1S/C10H8.C6H14O6S2/c1-2-6-10-8-4-3-7-9(10)5-1;1-13(7,8)11-5-3-4-6-12-14(2,9)10/h1-8H;3-6H2,1-2H3. The van der Waals surface area contributed by atoms with Crippen LogP contribution in [0.15, 0.2) is 48.5 Å². The van der Waals surface area contributed by atoms with Crippen LogP contribution in [0.4, 0.5) is 0 Å². The molecule has 6 nitrogen and oxygen atoms in total. The molecule has 0 aliphatic carbocycles. The van der Waals surface area contributed by atoms with E-state index in [0.717, 1.165) is 12.5 Å². The minimum absolute atomic E-state index is 0.0476. The fraction of sp³-hybridized carbons (Fsp3) is 0.375. The Morgan fingerprint density at radius 3 is 1.21 bits per heavy atom. The molecule has 0 aliphatic rings. The quantitative estimate of drug-likeness (QED) is 0.547. The molecule has 0 saturated heterocycles. The number of hydrogen-bond acceptors (Lipinski definition) is 6. The van der Waals surface area contributed by atoms with Crippen LogP contribution in [0.5, 0.6) is 0 Å². The molecule has 0 saturated carbocycles. The Kier molecular flexibility index (Phi) is 8.34. The van der Waals surface area contributed by atoms with Crippen molar-refractivity contribution in [3.05, 3.63) is 48.5 Å². The Balaban J connectivity index is 0.000000250. The van der Waals surface area contributed by atoms with E-state index in [-0.39, 0.29) is 13.2 Å². The van der Waals surface area contributed by atoms with Gasteiger partial charge in [0.15, 0.2) is 0 Å². The van der Waals surface area contributed by atoms with Gasteiger partial charge in [-0.3, -0.25) is 8.37 Å². The maximum Gasteiger partial charge on any atom is 0.264 e. The highest BCUT2D eigenvalue weighted by Gasteiger charge is 2.02. The van der Waals surface area contributed by atoms with Gasteiger partial charge in [-0.05, 0) is 23.6 Å². The van der Waals surface area contributed by atoms with Gasteiger partial charge in [0.05, 0.1) is 25.7 Å². The molecule has 0 bridgehead atoms. The molecule has 0 spiro atoms. The van der Waals surface area contributed by atoms with Crippen molar-refractivity contribution in [2.45, 2.75) is 12.8 Å². The average Bonchev–Trinajstić information content (AvgIpc) is 2.49. The van der Waals surface area contributed by atoms with Crippen LogP contribution in [-0.4, -0.2) is 42.6 Å². The SMILES string of the molecule is CS(=O)(=O)OCCCCOS(C)(=O)=O.c1ccc2ccccc2c1. The third-order valence-electron chi connectivity index (χ3n) is 2.79. The van der Waals surface area contributed by atoms with Gasteiger partial charge in [-0.25, -0.2) is 0 Å². The summed E-state index contributed by atoms with van der Waals surface area (Å²) in [5, 5.41) is 2.62. The van der Waals surface area contributed by atoms with Gasteiger partial charge in [0.1, 0.15) is 0 Å². The Labute approximate surface area is 143 Å². The molecule has 8 heteroatoms. The maximum absolute atomic E-state index is 10.5. The molecule has 2 aromatic rings. The second-order valence-electron chi connectivity index (χ2n) is 5.11. The van der Waals surface area contributed by atoms with Crippen molar-refractivity contribution in [3.8, 4) is 0 Å². The van der Waals surface area contributed by atoms with Crippen molar-refractivity contribution in [2.24, 2.45) is 0 Å². The van der Waals surface area contributed by atoms with Crippen LogP contribution in [0, 0.1) is 0 Å². The zero-order valence-electron chi connectivity index (χ0n) is 13.7. The molecular formula is C16H22O6S2. The van der Waals surface area contributed by atoms with Crippen LogP contribution in [0.25, 0.3) is 10.8 Å². The molecule has 0 aromatic heterocycles. The maximum atomic E-state index is 10.5. The smallest absolute Gasteiger partial charge is 0.264 e. The van der Waals surface area contributed by atoms with Gasteiger partial charge in [0.25, 0.3) is 20.2 Å². The van der Waals surface area contributed by atoms with Gasteiger partial charge in [0.2, 0.25) is 0 Å². The lowest BCUT2D eigenvalue weighted by atomic mass is 10.1. The first-order valence-corrected chi connectivity index (χ1v) is 10.9. The zero-order valence-corrected chi connectivity index (χ0v) is 15.3. The largest absolute Gasteiger partial charge is 0.270 e. The number of unbranched alkanes of at least 4 members (excludes halogenated alkanes) is 1. The van der Waals surface area contributed by atoms with Crippen molar-refractivity contribution in [1.29, 1.82) is 0 Å². The zero-order chi connectivity index (χ0) is 18.1. The van der Waals surface area contributed by atoms with Crippen molar-refractivity contribution >= 4 is 31.0 Å². The van der Waals surface area contributed by atoms with Crippen molar-refractivity contribution < 1.29 is 25.2 Å². The molecule has 0 aliphatic heterocycles. The van der Waals surface area contributed by atoms with Crippen LogP contribution < -0.4 is 0 Å². The van der Waals surface area contributed by atoms with Crippen LogP contribution in [0.1, 0.15) is 12.8 Å². The summed E-state index contributed by atoms with van der Waals surface area (Å²) in [5.74, 6) is 0. The molecule has 0 amide bonds. The fourth-order valence-corrected chi connectivity index (χ4v) is 2.60. The highest BCUT2D eigenvalue weighted by Crippen LogP contribution is 2.11. The van der Waals surface area contributed by atoms with Crippen LogP contribution in [-0.2, 0) is 28.6 Å². The summed E-state index contributed by atoms with van der Waals surface area (Å²) in [6.07, 6.45) is 2.78. The molecule has 0 atom stereocenters. The first kappa shape index (κ1) is 20.6. The highest BCUT2D eigenvalue weighted by atomic mass is 32.2. The summed E-state index contributed by atoms with van der Waals surface area (Å²) in [4.78, 5) is 0. The lowest BCUT2D eigenvalue weighted by Crippen LogP contribution is -2.07. The van der Waals surface area contributed by atoms with Crippen molar-refractivity contribution in [3.63, 3.8) is 0 Å². The fourth-order valence-electron chi connectivity index (χ4n) is 1.76. The van der Waals surface area contributed by atoms with Gasteiger partial charge in [-0.1, -0.05) is 48.5 Å². The van der Waals surface area contributed by atoms with Crippen molar-refractivity contribution in [1.82, 2.24) is 0 Å². The topological polar surface area (TPSA) is 86.7 Å². The minimum Gasteiger partial charge on any atom is -0.270 e. The van der Waals surface area contributed by atoms with E-state index >= 15 is 0 Å². The molecular weight excluding hydrogens is 352 g/mol. The second kappa shape index (κ2) is 9.73. The van der Waals surface area contributed by atoms with Gasteiger partial charge in [0, 0.05) is 0 Å². The predicted octanol–water partition coefficient (Wildman–Crippen LogP) is 2.56.